The second-order valence-electron chi connectivity index (χ2n) is 9.44. The quantitative estimate of drug-likeness (QED) is 0.117. The Labute approximate surface area is 243 Å². The van der Waals surface area contributed by atoms with E-state index in [1.54, 1.807) is 23.1 Å². The number of anilines is 1. The average molecular weight is 564 g/mol. The number of benzene rings is 4. The van der Waals surface area contributed by atoms with Crippen molar-refractivity contribution in [2.45, 2.75) is 33.3 Å². The van der Waals surface area contributed by atoms with Gasteiger partial charge in [0.2, 0.25) is 0 Å². The molecule has 0 aliphatic carbocycles. The first kappa shape index (κ1) is 27.9. The minimum atomic E-state index is -0.472. The number of carbonyl (C=O) groups is 1. The number of amidine groups is 1. The molecule has 4 aromatic carbocycles. The standard InChI is InChI=1S/C33H29N3O4S/c1-3-23-10-15-27(16-11-23)34-33-35(28-17-12-24(4-2)13-18-28)32(37)31(41-33)21-26-14-19-30(29(20-26)36(38)39)40-22-25-8-6-5-7-9-25/h5-21H,3-4,22H2,1-2H3/b31-21-,34-33?. The van der Waals surface area contributed by atoms with Crippen molar-refractivity contribution in [2.75, 3.05) is 4.90 Å². The molecule has 1 saturated heterocycles. The topological polar surface area (TPSA) is 85.0 Å². The molecule has 0 N–H and O–H groups in total. The molecule has 1 amide bonds. The number of carbonyl (C=O) groups excluding carboxylic acids is 1. The summed E-state index contributed by atoms with van der Waals surface area (Å²) in [6.07, 6.45) is 3.48. The number of hydrogen-bond donors (Lipinski definition) is 0. The molecule has 0 aromatic heterocycles. The molecule has 206 valence electrons. The molecule has 5 rings (SSSR count). The fourth-order valence-electron chi connectivity index (χ4n) is 4.35. The van der Waals surface area contributed by atoms with Gasteiger partial charge >= 0.3 is 5.69 Å². The van der Waals surface area contributed by atoms with E-state index < -0.39 is 4.92 Å². The van der Waals surface area contributed by atoms with Crippen LogP contribution in [0.15, 0.2) is 107 Å². The van der Waals surface area contributed by atoms with Crippen molar-refractivity contribution in [2.24, 2.45) is 4.99 Å². The highest BCUT2D eigenvalue weighted by Gasteiger charge is 2.35. The van der Waals surface area contributed by atoms with Crippen LogP contribution in [0.2, 0.25) is 0 Å². The Morgan fingerprint density at radius 3 is 2.17 bits per heavy atom. The Morgan fingerprint density at radius 2 is 1.54 bits per heavy atom. The lowest BCUT2D eigenvalue weighted by atomic mass is 10.1. The summed E-state index contributed by atoms with van der Waals surface area (Å²) in [7, 11) is 0. The Kier molecular flexibility index (Phi) is 8.60. The Morgan fingerprint density at radius 1 is 0.878 bits per heavy atom. The molecule has 4 aromatic rings. The van der Waals surface area contributed by atoms with E-state index in [1.807, 2.05) is 78.9 Å². The molecule has 0 radical (unpaired) electrons. The maximum atomic E-state index is 13.7. The van der Waals surface area contributed by atoms with Gasteiger partial charge in [-0.15, -0.1) is 0 Å². The first-order chi connectivity index (χ1) is 19.9. The van der Waals surface area contributed by atoms with E-state index in [0.29, 0.717) is 21.3 Å². The fraction of sp³-hybridized carbons (Fsp3) is 0.152. The summed E-state index contributed by atoms with van der Waals surface area (Å²) >= 11 is 1.24. The number of aryl methyl sites for hydroxylation is 2. The van der Waals surface area contributed by atoms with Crippen LogP contribution in [-0.4, -0.2) is 16.0 Å². The molecule has 0 spiro atoms. The van der Waals surface area contributed by atoms with Crippen molar-refractivity contribution in [3.05, 3.63) is 134 Å². The largest absolute Gasteiger partial charge is 0.482 e. The van der Waals surface area contributed by atoms with Crippen LogP contribution in [0.4, 0.5) is 17.1 Å². The number of thioether (sulfide) groups is 1. The normalized spacial score (nSPS) is 15.1. The average Bonchev–Trinajstić information content (AvgIpc) is 3.30. The van der Waals surface area contributed by atoms with Crippen LogP contribution in [-0.2, 0) is 24.2 Å². The Bertz CT molecular complexity index is 1620. The van der Waals surface area contributed by atoms with Crippen LogP contribution in [0.5, 0.6) is 5.75 Å². The second kappa shape index (κ2) is 12.7. The lowest BCUT2D eigenvalue weighted by molar-refractivity contribution is -0.386. The van der Waals surface area contributed by atoms with Gasteiger partial charge in [0.15, 0.2) is 10.9 Å². The molecule has 1 heterocycles. The van der Waals surface area contributed by atoms with Crippen LogP contribution in [0.3, 0.4) is 0 Å². The van der Waals surface area contributed by atoms with E-state index in [9.17, 15) is 14.9 Å². The smallest absolute Gasteiger partial charge is 0.311 e. The van der Waals surface area contributed by atoms with Crippen molar-refractivity contribution in [1.82, 2.24) is 0 Å². The van der Waals surface area contributed by atoms with Crippen LogP contribution < -0.4 is 9.64 Å². The summed E-state index contributed by atoms with van der Waals surface area (Å²) in [6, 6.07) is 29.9. The van der Waals surface area contributed by atoms with Gasteiger partial charge in [0, 0.05) is 6.07 Å². The molecule has 0 saturated carbocycles. The number of nitro benzene ring substituents is 1. The molecule has 0 atom stereocenters. The number of rotatable bonds is 9. The van der Waals surface area contributed by atoms with Gasteiger partial charge < -0.3 is 4.74 Å². The first-order valence-corrected chi connectivity index (χ1v) is 14.2. The van der Waals surface area contributed by atoms with Gasteiger partial charge in [-0.05, 0) is 83.3 Å². The third-order valence-corrected chi connectivity index (χ3v) is 7.66. The Balaban J connectivity index is 1.47. The van der Waals surface area contributed by atoms with Crippen LogP contribution in [0.25, 0.3) is 6.08 Å². The molecule has 1 aliphatic heterocycles. The predicted molar refractivity (Wildman–Crippen MR) is 166 cm³/mol. The minimum absolute atomic E-state index is 0.164. The predicted octanol–water partition coefficient (Wildman–Crippen LogP) is 8.11. The maximum absolute atomic E-state index is 13.7. The molecule has 8 heteroatoms. The zero-order valence-corrected chi connectivity index (χ0v) is 23.6. The highest BCUT2D eigenvalue weighted by molar-refractivity contribution is 8.19. The highest BCUT2D eigenvalue weighted by atomic mass is 32.2. The molecule has 0 unspecified atom stereocenters. The first-order valence-electron chi connectivity index (χ1n) is 13.4. The lowest BCUT2D eigenvalue weighted by Crippen LogP contribution is -2.28. The molecule has 1 aliphatic rings. The maximum Gasteiger partial charge on any atom is 0.311 e. The molecular formula is C33H29N3O4S. The summed E-state index contributed by atoms with van der Waals surface area (Å²) in [5.74, 6) is -0.0722. The number of ether oxygens (including phenoxy) is 1. The zero-order chi connectivity index (χ0) is 28.8. The molecular weight excluding hydrogens is 534 g/mol. The highest BCUT2D eigenvalue weighted by Crippen LogP contribution is 2.38. The second-order valence-corrected chi connectivity index (χ2v) is 10.5. The number of aliphatic imine (C=N–C) groups is 1. The van der Waals surface area contributed by atoms with Crippen molar-refractivity contribution in [3.63, 3.8) is 0 Å². The van der Waals surface area contributed by atoms with Gasteiger partial charge in [-0.1, -0.05) is 74.5 Å². The summed E-state index contributed by atoms with van der Waals surface area (Å²) < 4.78 is 5.76. The SMILES string of the molecule is CCc1ccc(N=C2S/C(=C\c3ccc(OCc4ccccc4)c([N+](=O)[O-])c3)C(=O)N2c2ccc(CC)cc2)cc1. The molecule has 7 nitrogen and oxygen atoms in total. The fourth-order valence-corrected chi connectivity index (χ4v) is 5.35. The third kappa shape index (κ3) is 6.56. The summed E-state index contributed by atoms with van der Waals surface area (Å²) in [4.78, 5) is 31.9. The van der Waals surface area contributed by atoms with Gasteiger partial charge in [-0.25, -0.2) is 4.99 Å². The van der Waals surface area contributed by atoms with E-state index >= 15 is 0 Å². The van der Waals surface area contributed by atoms with E-state index in [2.05, 4.69) is 13.8 Å². The summed E-state index contributed by atoms with van der Waals surface area (Å²) in [5, 5.41) is 12.4. The van der Waals surface area contributed by atoms with Crippen molar-refractivity contribution >= 4 is 46.0 Å². The molecule has 0 bridgehead atoms. The number of nitrogens with zero attached hydrogens (tertiary/aromatic N) is 3. The van der Waals surface area contributed by atoms with Crippen molar-refractivity contribution in [1.29, 1.82) is 0 Å². The van der Waals surface area contributed by atoms with E-state index in [1.165, 1.54) is 29.0 Å². The minimum Gasteiger partial charge on any atom is -0.482 e. The lowest BCUT2D eigenvalue weighted by Gasteiger charge is -2.16. The van der Waals surface area contributed by atoms with Crippen molar-refractivity contribution < 1.29 is 14.5 Å². The van der Waals surface area contributed by atoms with Gasteiger partial charge in [0.05, 0.1) is 21.2 Å². The van der Waals surface area contributed by atoms with Crippen LogP contribution >= 0.6 is 11.8 Å². The van der Waals surface area contributed by atoms with E-state index in [4.69, 9.17) is 9.73 Å². The van der Waals surface area contributed by atoms with Gasteiger partial charge in [-0.2, -0.15) is 0 Å². The van der Waals surface area contributed by atoms with Gasteiger partial charge in [0.1, 0.15) is 6.61 Å². The zero-order valence-electron chi connectivity index (χ0n) is 22.8. The Hall–Kier alpha value is -4.69. The third-order valence-electron chi connectivity index (χ3n) is 6.69. The van der Waals surface area contributed by atoms with E-state index in [-0.39, 0.29) is 24.0 Å². The molecule has 41 heavy (non-hydrogen) atoms. The van der Waals surface area contributed by atoms with Crippen LogP contribution in [0, 0.1) is 10.1 Å². The number of amides is 1. The van der Waals surface area contributed by atoms with E-state index in [0.717, 1.165) is 24.1 Å². The molecule has 1 fully saturated rings. The number of nitro groups is 1. The summed E-state index contributed by atoms with van der Waals surface area (Å²) in [6.45, 7) is 4.38. The van der Waals surface area contributed by atoms with Gasteiger partial charge in [-0.3, -0.25) is 19.8 Å². The summed E-state index contributed by atoms with van der Waals surface area (Å²) in [5.41, 5.74) is 5.09. The monoisotopic (exact) mass is 563 g/mol. The van der Waals surface area contributed by atoms with Crippen LogP contribution in [0.1, 0.15) is 36.1 Å². The number of hydrogen-bond acceptors (Lipinski definition) is 6. The van der Waals surface area contributed by atoms with Gasteiger partial charge in [0.25, 0.3) is 5.91 Å². The van der Waals surface area contributed by atoms with Crippen molar-refractivity contribution in [3.8, 4) is 5.75 Å².